The molecule has 1 aromatic rings. The van der Waals surface area contributed by atoms with E-state index in [9.17, 15) is 0 Å². The van der Waals surface area contributed by atoms with Gasteiger partial charge in [0.15, 0.2) is 0 Å². The first kappa shape index (κ1) is 11.3. The highest BCUT2D eigenvalue weighted by atomic mass is 32.2. The molecule has 0 aliphatic rings. The minimum absolute atomic E-state index is 0.926. The van der Waals surface area contributed by atoms with E-state index in [1.807, 2.05) is 24.8 Å². The van der Waals surface area contributed by atoms with Gasteiger partial charge in [0.05, 0.1) is 0 Å². The Bertz CT molecular complexity index is 269. The molecule has 14 heavy (non-hydrogen) atoms. The maximum Gasteiger partial charge on any atom is 0.0159 e. The van der Waals surface area contributed by atoms with Gasteiger partial charge in [-0.3, -0.25) is 0 Å². The second-order valence-corrected chi connectivity index (χ2v) is 4.46. The summed E-state index contributed by atoms with van der Waals surface area (Å²) in [4.78, 5) is 1.34. The van der Waals surface area contributed by atoms with Crippen LogP contribution in [0.5, 0.6) is 0 Å². The highest BCUT2D eigenvalue weighted by Crippen LogP contribution is 2.15. The maximum atomic E-state index is 3.84. The summed E-state index contributed by atoms with van der Waals surface area (Å²) in [5.41, 5.74) is 1.19. The van der Waals surface area contributed by atoms with Gasteiger partial charge in [0.25, 0.3) is 0 Å². The molecule has 0 saturated carbocycles. The lowest BCUT2D eigenvalue weighted by molar-refractivity contribution is 0.783. The summed E-state index contributed by atoms with van der Waals surface area (Å²) < 4.78 is 0. The van der Waals surface area contributed by atoms with Gasteiger partial charge in [-0.1, -0.05) is 30.4 Å². The summed E-state index contributed by atoms with van der Waals surface area (Å²) in [5.74, 6) is 1.11. The molecule has 0 fully saturated rings. The molecule has 1 aromatic carbocycles. The fourth-order valence-corrected chi connectivity index (χ4v) is 1.89. The molecule has 0 atom stereocenters. The smallest absolute Gasteiger partial charge is 0.0159 e. The van der Waals surface area contributed by atoms with Gasteiger partial charge in [0, 0.05) is 23.7 Å². The second kappa shape index (κ2) is 6.68. The van der Waals surface area contributed by atoms with Crippen LogP contribution in [0.25, 0.3) is 0 Å². The SMILES string of the molecule is C=C(C)CNCCSc1ccccc1. The van der Waals surface area contributed by atoms with Gasteiger partial charge in [0.2, 0.25) is 0 Å². The first-order valence-electron chi connectivity index (χ1n) is 4.82. The van der Waals surface area contributed by atoms with Crippen LogP contribution < -0.4 is 5.32 Å². The molecule has 1 nitrogen and oxygen atoms in total. The molecular formula is C12H17NS. The van der Waals surface area contributed by atoms with Crippen LogP contribution in [0.4, 0.5) is 0 Å². The van der Waals surface area contributed by atoms with Crippen molar-refractivity contribution in [1.29, 1.82) is 0 Å². The van der Waals surface area contributed by atoms with Crippen molar-refractivity contribution < 1.29 is 0 Å². The predicted octanol–water partition coefficient (Wildman–Crippen LogP) is 2.94. The predicted molar refractivity (Wildman–Crippen MR) is 64.8 cm³/mol. The molecular weight excluding hydrogens is 190 g/mol. The number of thioether (sulfide) groups is 1. The van der Waals surface area contributed by atoms with Crippen LogP contribution in [-0.4, -0.2) is 18.8 Å². The van der Waals surface area contributed by atoms with Gasteiger partial charge in [-0.25, -0.2) is 0 Å². The van der Waals surface area contributed by atoms with Crippen molar-refractivity contribution in [3.8, 4) is 0 Å². The molecule has 1 rings (SSSR count). The van der Waals surface area contributed by atoms with Gasteiger partial charge in [-0.15, -0.1) is 11.8 Å². The Morgan fingerprint density at radius 1 is 1.36 bits per heavy atom. The van der Waals surface area contributed by atoms with E-state index in [4.69, 9.17) is 0 Å². The summed E-state index contributed by atoms with van der Waals surface area (Å²) in [5, 5.41) is 3.33. The molecule has 0 heterocycles. The summed E-state index contributed by atoms with van der Waals surface area (Å²) in [6.07, 6.45) is 0. The topological polar surface area (TPSA) is 12.0 Å². The minimum atomic E-state index is 0.926. The Morgan fingerprint density at radius 2 is 2.07 bits per heavy atom. The Hall–Kier alpha value is -0.730. The summed E-state index contributed by atoms with van der Waals surface area (Å²) in [7, 11) is 0. The largest absolute Gasteiger partial charge is 0.312 e. The van der Waals surface area contributed by atoms with Crippen LogP contribution in [0.1, 0.15) is 6.92 Å². The van der Waals surface area contributed by atoms with Crippen molar-refractivity contribution in [3.05, 3.63) is 42.5 Å². The third kappa shape index (κ3) is 5.10. The van der Waals surface area contributed by atoms with Crippen molar-refractivity contribution in [2.24, 2.45) is 0 Å². The van der Waals surface area contributed by atoms with E-state index >= 15 is 0 Å². The van der Waals surface area contributed by atoms with Crippen LogP contribution in [0.3, 0.4) is 0 Å². The van der Waals surface area contributed by atoms with Gasteiger partial charge in [0.1, 0.15) is 0 Å². The Labute approximate surface area is 90.6 Å². The molecule has 2 heteroatoms. The Kier molecular flexibility index (Phi) is 5.42. The molecule has 0 saturated heterocycles. The van der Waals surface area contributed by atoms with Crippen molar-refractivity contribution in [2.45, 2.75) is 11.8 Å². The van der Waals surface area contributed by atoms with E-state index in [1.54, 1.807) is 0 Å². The molecule has 0 amide bonds. The van der Waals surface area contributed by atoms with Crippen LogP contribution in [-0.2, 0) is 0 Å². The normalized spacial score (nSPS) is 10.1. The number of benzene rings is 1. The monoisotopic (exact) mass is 207 g/mol. The minimum Gasteiger partial charge on any atom is -0.312 e. The van der Waals surface area contributed by atoms with Crippen molar-refractivity contribution >= 4 is 11.8 Å². The summed E-state index contributed by atoms with van der Waals surface area (Å²) in [6, 6.07) is 10.5. The standard InChI is InChI=1S/C12H17NS/c1-11(2)10-13-8-9-14-12-6-4-3-5-7-12/h3-7,13H,1,8-10H2,2H3. The van der Waals surface area contributed by atoms with Crippen molar-refractivity contribution in [1.82, 2.24) is 5.32 Å². The van der Waals surface area contributed by atoms with E-state index in [2.05, 4.69) is 36.2 Å². The van der Waals surface area contributed by atoms with Gasteiger partial charge in [-0.2, -0.15) is 0 Å². The Balaban J connectivity index is 2.08. The van der Waals surface area contributed by atoms with E-state index in [0.29, 0.717) is 0 Å². The molecule has 0 aliphatic heterocycles. The van der Waals surface area contributed by atoms with Crippen LogP contribution in [0, 0.1) is 0 Å². The van der Waals surface area contributed by atoms with Gasteiger partial charge < -0.3 is 5.32 Å². The first-order valence-corrected chi connectivity index (χ1v) is 5.80. The van der Waals surface area contributed by atoms with Gasteiger partial charge >= 0.3 is 0 Å². The third-order valence-electron chi connectivity index (χ3n) is 1.72. The molecule has 0 bridgehead atoms. The summed E-state index contributed by atoms with van der Waals surface area (Å²) in [6.45, 7) is 7.84. The van der Waals surface area contributed by atoms with E-state index in [-0.39, 0.29) is 0 Å². The molecule has 1 N–H and O–H groups in total. The lowest BCUT2D eigenvalue weighted by Crippen LogP contribution is -2.18. The zero-order valence-electron chi connectivity index (χ0n) is 8.62. The van der Waals surface area contributed by atoms with E-state index < -0.39 is 0 Å². The maximum absolute atomic E-state index is 3.84. The van der Waals surface area contributed by atoms with Crippen LogP contribution in [0.2, 0.25) is 0 Å². The highest BCUT2D eigenvalue weighted by molar-refractivity contribution is 7.99. The van der Waals surface area contributed by atoms with Crippen LogP contribution >= 0.6 is 11.8 Å². The highest BCUT2D eigenvalue weighted by Gasteiger charge is 1.91. The Morgan fingerprint density at radius 3 is 2.71 bits per heavy atom. The lowest BCUT2D eigenvalue weighted by Gasteiger charge is -2.03. The molecule has 0 spiro atoms. The van der Waals surface area contributed by atoms with Crippen molar-refractivity contribution in [3.63, 3.8) is 0 Å². The average molecular weight is 207 g/mol. The number of rotatable bonds is 6. The quantitative estimate of drug-likeness (QED) is 0.437. The fourth-order valence-electron chi connectivity index (χ4n) is 1.06. The fraction of sp³-hybridized carbons (Fsp3) is 0.333. The number of nitrogens with one attached hydrogen (secondary N) is 1. The zero-order chi connectivity index (χ0) is 10.2. The molecule has 0 unspecified atom stereocenters. The van der Waals surface area contributed by atoms with E-state index in [1.165, 1.54) is 10.5 Å². The summed E-state index contributed by atoms with van der Waals surface area (Å²) >= 11 is 1.88. The number of hydrogen-bond donors (Lipinski definition) is 1. The molecule has 0 aliphatic carbocycles. The first-order chi connectivity index (χ1) is 6.79. The van der Waals surface area contributed by atoms with E-state index in [0.717, 1.165) is 18.8 Å². The molecule has 0 aromatic heterocycles. The molecule has 0 radical (unpaired) electrons. The number of hydrogen-bond acceptors (Lipinski definition) is 2. The third-order valence-corrected chi connectivity index (χ3v) is 2.73. The van der Waals surface area contributed by atoms with Crippen LogP contribution in [0.15, 0.2) is 47.4 Å². The zero-order valence-corrected chi connectivity index (χ0v) is 9.44. The second-order valence-electron chi connectivity index (χ2n) is 3.30. The van der Waals surface area contributed by atoms with Gasteiger partial charge in [-0.05, 0) is 19.1 Å². The lowest BCUT2D eigenvalue weighted by atomic mass is 10.3. The average Bonchev–Trinajstić information content (AvgIpc) is 2.18. The van der Waals surface area contributed by atoms with Crippen molar-refractivity contribution in [2.75, 3.05) is 18.8 Å². The molecule has 76 valence electrons.